The summed E-state index contributed by atoms with van der Waals surface area (Å²) in [6.45, 7) is 0. The SMILES string of the molecule is c1cc2c3cc1Cc1ccc4c(c1)-n1c5cc6c7cc5n5c8c(ccc(c81)C4)Cc1ccc(cc1-5)Cc1ccc4c(c1)-n7c1c(ccc(c1n6-3)C2)C4. The van der Waals surface area contributed by atoms with Gasteiger partial charge in [0.25, 0.3) is 0 Å². The Morgan fingerprint density at radius 1 is 0.250 bits per heavy atom. The molecular weight excluding hydrogens is 633 g/mol. The van der Waals surface area contributed by atoms with Crippen LogP contribution in [0.5, 0.6) is 0 Å². The van der Waals surface area contributed by atoms with Crippen molar-refractivity contribution >= 4 is 44.1 Å². The molecule has 0 saturated carbocycles. The van der Waals surface area contributed by atoms with Gasteiger partial charge in [0, 0.05) is 25.7 Å². The molecule has 4 nitrogen and oxygen atoms in total. The van der Waals surface area contributed by atoms with Crippen molar-refractivity contribution in [3.8, 4) is 22.7 Å². The van der Waals surface area contributed by atoms with E-state index >= 15 is 0 Å². The van der Waals surface area contributed by atoms with Crippen molar-refractivity contribution < 1.29 is 0 Å². The number of hydrogen-bond donors (Lipinski definition) is 0. The van der Waals surface area contributed by atoms with Crippen LogP contribution in [0, 0.1) is 0 Å². The summed E-state index contributed by atoms with van der Waals surface area (Å²) in [6.07, 6.45) is 5.63. The molecule has 0 radical (unpaired) electrons. The number of benzene rings is 7. The Morgan fingerprint density at radius 3 is 0.769 bits per heavy atom. The second-order valence-corrected chi connectivity index (χ2v) is 16.2. The molecule has 9 aromatic rings. The number of fused-ring (bicyclic) bond motifs is 4. The molecule has 6 aliphatic heterocycles. The van der Waals surface area contributed by atoms with E-state index in [0.717, 1.165) is 38.5 Å². The summed E-state index contributed by atoms with van der Waals surface area (Å²) in [4.78, 5) is 0. The Hall–Kier alpha value is -6.26. The molecule has 0 atom stereocenters. The molecule has 0 amide bonds. The van der Waals surface area contributed by atoms with Crippen molar-refractivity contribution in [1.82, 2.24) is 18.3 Å². The fraction of sp³-hybridized carbons (Fsp3) is 0.125. The van der Waals surface area contributed by atoms with E-state index in [0.29, 0.717) is 0 Å². The van der Waals surface area contributed by atoms with Crippen molar-refractivity contribution in [3.05, 3.63) is 176 Å². The third-order valence-corrected chi connectivity index (χ3v) is 13.5. The molecule has 0 fully saturated rings. The summed E-state index contributed by atoms with van der Waals surface area (Å²) in [7, 11) is 0. The third kappa shape index (κ3) is 2.84. The molecule has 15 rings (SSSR count). The monoisotopic (exact) mass is 662 g/mol. The van der Waals surface area contributed by atoms with Gasteiger partial charge < -0.3 is 18.3 Å². The van der Waals surface area contributed by atoms with Gasteiger partial charge in [-0.1, -0.05) is 72.8 Å². The van der Waals surface area contributed by atoms with Crippen LogP contribution in [0.1, 0.15) is 66.8 Å². The molecule has 0 aliphatic carbocycles. The summed E-state index contributed by atoms with van der Waals surface area (Å²) in [5.74, 6) is 0. The normalized spacial score (nSPS) is 15.2. The minimum atomic E-state index is 0.917. The second-order valence-electron chi connectivity index (χ2n) is 16.2. The maximum Gasteiger partial charge on any atom is 0.0742 e. The first-order chi connectivity index (χ1) is 25.7. The van der Waals surface area contributed by atoms with E-state index in [4.69, 9.17) is 0 Å². The lowest BCUT2D eigenvalue weighted by Crippen LogP contribution is -2.22. The van der Waals surface area contributed by atoms with Gasteiger partial charge in [-0.15, -0.1) is 0 Å². The van der Waals surface area contributed by atoms with Gasteiger partial charge in [-0.25, -0.2) is 0 Å². The highest BCUT2D eigenvalue weighted by atomic mass is 15.1. The van der Waals surface area contributed by atoms with Crippen LogP contribution in [-0.2, 0) is 38.5 Å². The molecule has 12 bridgehead atoms. The van der Waals surface area contributed by atoms with Crippen molar-refractivity contribution in [2.24, 2.45) is 0 Å². The Bertz CT molecular complexity index is 2910. The Balaban J connectivity index is 1.30. The maximum atomic E-state index is 2.67. The Morgan fingerprint density at radius 2 is 0.500 bits per heavy atom. The van der Waals surface area contributed by atoms with E-state index < -0.39 is 0 Å². The van der Waals surface area contributed by atoms with E-state index in [9.17, 15) is 0 Å². The lowest BCUT2D eigenvalue weighted by atomic mass is 9.87. The van der Waals surface area contributed by atoms with Crippen molar-refractivity contribution in [2.75, 3.05) is 0 Å². The zero-order valence-electron chi connectivity index (χ0n) is 28.4. The lowest BCUT2D eigenvalue weighted by molar-refractivity contribution is 0.945. The van der Waals surface area contributed by atoms with Crippen LogP contribution in [0.4, 0.5) is 0 Å². The van der Waals surface area contributed by atoms with Crippen LogP contribution < -0.4 is 0 Å². The van der Waals surface area contributed by atoms with Crippen LogP contribution in [-0.4, -0.2) is 18.3 Å². The van der Waals surface area contributed by atoms with E-state index in [-0.39, 0.29) is 0 Å². The molecule has 0 unspecified atom stereocenters. The van der Waals surface area contributed by atoms with Gasteiger partial charge in [0.1, 0.15) is 0 Å². The first-order valence-electron chi connectivity index (χ1n) is 18.9. The average molecular weight is 663 g/mol. The third-order valence-electron chi connectivity index (χ3n) is 13.5. The molecule has 0 spiro atoms. The van der Waals surface area contributed by atoms with Gasteiger partial charge in [-0.05, 0) is 116 Å². The molecule has 0 N–H and O–H groups in total. The largest absolute Gasteiger partial charge is 0.306 e. The summed E-state index contributed by atoms with van der Waals surface area (Å²) in [5, 5.41) is 0. The van der Waals surface area contributed by atoms with Crippen LogP contribution in [0.2, 0.25) is 0 Å². The van der Waals surface area contributed by atoms with Crippen LogP contribution in [0.25, 0.3) is 66.9 Å². The zero-order chi connectivity index (χ0) is 33.1. The minimum Gasteiger partial charge on any atom is -0.306 e. The number of nitrogens with zero attached hydrogens (tertiary/aromatic N) is 4. The van der Waals surface area contributed by atoms with Crippen molar-refractivity contribution in [3.63, 3.8) is 0 Å². The van der Waals surface area contributed by atoms with Gasteiger partial charge in [0.15, 0.2) is 0 Å². The van der Waals surface area contributed by atoms with Crippen molar-refractivity contribution in [2.45, 2.75) is 38.5 Å². The highest BCUT2D eigenvalue weighted by Gasteiger charge is 2.32. The smallest absolute Gasteiger partial charge is 0.0742 e. The molecular formula is C48H30N4. The zero-order valence-corrected chi connectivity index (χ0v) is 28.4. The van der Waals surface area contributed by atoms with E-state index in [1.54, 1.807) is 0 Å². The standard InChI is InChI=1S/C48H30N4/c1-5-29-19-33-9-10-34-21-31-7-3-27-14-28-4-8-32-22-36-12-11-35-20-30-6-2-26-13-25(1)15-37(29)49-41-23-43-44(24-42(41)51(39(31)17-27)46(34)45(33)49)52(40(32)18-28)48(36)47(35)50(43)38(30)16-26/h1-12,15-18,23-24H,13-14,19-22H2. The van der Waals surface area contributed by atoms with Gasteiger partial charge in [-0.3, -0.25) is 0 Å². The van der Waals surface area contributed by atoms with Crippen LogP contribution >= 0.6 is 0 Å². The second kappa shape index (κ2) is 8.27. The van der Waals surface area contributed by atoms with E-state index in [1.165, 1.54) is 134 Å². The minimum absolute atomic E-state index is 0.917. The van der Waals surface area contributed by atoms with Gasteiger partial charge in [0.2, 0.25) is 0 Å². The Labute approximate surface area is 298 Å². The molecule has 6 aliphatic rings. The fourth-order valence-electron chi connectivity index (χ4n) is 11.2. The predicted molar refractivity (Wildman–Crippen MR) is 208 cm³/mol. The fourth-order valence-corrected chi connectivity index (χ4v) is 11.2. The lowest BCUT2D eigenvalue weighted by Gasteiger charge is -2.35. The summed E-state index contributed by atoms with van der Waals surface area (Å²) in [5.41, 5.74) is 32.7. The van der Waals surface area contributed by atoms with Gasteiger partial charge in [0.05, 0.1) is 66.9 Å². The highest BCUT2D eigenvalue weighted by Crippen LogP contribution is 2.48. The van der Waals surface area contributed by atoms with E-state index in [2.05, 4.69) is 127 Å². The summed E-state index contributed by atoms with van der Waals surface area (Å²) >= 11 is 0. The molecule has 7 aromatic carbocycles. The number of hydrogen-bond acceptors (Lipinski definition) is 0. The van der Waals surface area contributed by atoms with Crippen molar-refractivity contribution in [1.29, 1.82) is 0 Å². The molecule has 0 saturated heterocycles. The first-order valence-corrected chi connectivity index (χ1v) is 18.9. The molecule has 52 heavy (non-hydrogen) atoms. The Kier molecular flexibility index (Phi) is 4.08. The summed E-state index contributed by atoms with van der Waals surface area (Å²) < 4.78 is 10.7. The van der Waals surface area contributed by atoms with E-state index in [1.807, 2.05) is 0 Å². The quantitative estimate of drug-likeness (QED) is 0.144. The number of rotatable bonds is 0. The molecule has 242 valence electrons. The number of aromatic nitrogens is 4. The molecule has 4 heteroatoms. The van der Waals surface area contributed by atoms with Crippen LogP contribution in [0.3, 0.4) is 0 Å². The average Bonchev–Trinajstić information content (AvgIpc) is 3.17. The van der Waals surface area contributed by atoms with Gasteiger partial charge in [-0.2, -0.15) is 0 Å². The topological polar surface area (TPSA) is 19.7 Å². The predicted octanol–water partition coefficient (Wildman–Crippen LogP) is 10.0. The maximum absolute atomic E-state index is 2.67. The van der Waals surface area contributed by atoms with Gasteiger partial charge >= 0.3 is 0 Å². The highest BCUT2D eigenvalue weighted by molar-refractivity contribution is 6.06. The first kappa shape index (κ1) is 25.7. The molecule has 2 aromatic heterocycles. The molecule has 8 heterocycles. The summed E-state index contributed by atoms with van der Waals surface area (Å²) in [6, 6.07) is 44.0. The van der Waals surface area contributed by atoms with Crippen LogP contribution in [0.15, 0.2) is 109 Å².